The van der Waals surface area contributed by atoms with Gasteiger partial charge in [0, 0.05) is 5.56 Å². The number of ketones is 1. The molecular weight excluding hydrogens is 194 g/mol. The van der Waals surface area contributed by atoms with Crippen molar-refractivity contribution in [2.24, 2.45) is 0 Å². The fourth-order valence-corrected chi connectivity index (χ4v) is 1.25. The number of hydrogen-bond donors (Lipinski definition) is 1. The van der Waals surface area contributed by atoms with Gasteiger partial charge >= 0.3 is 0 Å². The van der Waals surface area contributed by atoms with Crippen molar-refractivity contribution in [2.45, 2.75) is 12.9 Å². The van der Waals surface area contributed by atoms with Crippen LogP contribution in [0.5, 0.6) is 11.5 Å². The first kappa shape index (κ1) is 6.85. The Kier molecular flexibility index (Phi) is 1.78. The van der Waals surface area contributed by atoms with E-state index in [4.69, 9.17) is 13.6 Å². The molecule has 1 aliphatic rings. The molecule has 1 atom stereocenters. The first-order valence-electron chi connectivity index (χ1n) is 6.01. The maximum Gasteiger partial charge on any atom is 0.231 e. The molecule has 1 N–H and O–H groups in total. The molecule has 1 unspecified atom stereocenters. The Labute approximate surface area is 92.4 Å². The van der Waals surface area contributed by atoms with E-state index >= 15 is 0 Å². The quantitative estimate of drug-likeness (QED) is 0.762. The Morgan fingerprint density at radius 1 is 1.60 bits per heavy atom. The first-order chi connectivity index (χ1) is 8.25. The second-order valence-corrected chi connectivity index (χ2v) is 3.15. The van der Waals surface area contributed by atoms with E-state index in [1.165, 1.54) is 32.2 Å². The van der Waals surface area contributed by atoms with Crippen LogP contribution in [-0.2, 0) is 0 Å². The second kappa shape index (κ2) is 3.90. The Balaban J connectivity index is 2.32. The summed E-state index contributed by atoms with van der Waals surface area (Å²) in [6, 6.07) is 2.88. The van der Waals surface area contributed by atoms with Crippen LogP contribution in [0.4, 0.5) is 0 Å². The van der Waals surface area contributed by atoms with Crippen LogP contribution < -0.4 is 14.8 Å². The van der Waals surface area contributed by atoms with Crippen LogP contribution in [0.2, 0.25) is 0 Å². The maximum atomic E-state index is 12.0. The Bertz CT molecular complexity index is 502. The van der Waals surface area contributed by atoms with Crippen molar-refractivity contribution in [3.05, 3.63) is 23.8 Å². The molecule has 0 fully saturated rings. The highest BCUT2D eigenvalue weighted by Crippen LogP contribution is 2.32. The van der Waals surface area contributed by atoms with Gasteiger partial charge < -0.3 is 14.8 Å². The molecule has 0 saturated carbocycles. The minimum Gasteiger partial charge on any atom is -0.454 e. The summed E-state index contributed by atoms with van der Waals surface area (Å²) in [4.78, 5) is 12.0. The number of carbonyl (C=O) groups excluding carboxylic acids is 1. The molecular formula is C11H13NO3. The van der Waals surface area contributed by atoms with E-state index in [1.54, 1.807) is 0 Å². The predicted molar refractivity (Wildman–Crippen MR) is 55.4 cm³/mol. The summed E-state index contributed by atoms with van der Waals surface area (Å²) in [6.45, 7) is -0.767. The fourth-order valence-electron chi connectivity index (χ4n) is 1.25. The van der Waals surface area contributed by atoms with Crippen LogP contribution in [-0.4, -0.2) is 25.6 Å². The summed E-state index contributed by atoms with van der Waals surface area (Å²) in [7, 11) is 1.52. The monoisotopic (exact) mass is 210 g/mol. The minimum atomic E-state index is -2.21. The fraction of sp³-hybridized carbons (Fsp3) is 0.364. The van der Waals surface area contributed by atoms with Crippen molar-refractivity contribution < 1.29 is 18.4 Å². The molecule has 0 aromatic heterocycles. The lowest BCUT2D eigenvalue weighted by molar-refractivity contribution is 0.0954. The van der Waals surface area contributed by atoms with Crippen molar-refractivity contribution in [1.29, 1.82) is 0 Å². The number of ether oxygens (including phenoxy) is 2. The van der Waals surface area contributed by atoms with Crippen LogP contribution in [0.3, 0.4) is 0 Å². The lowest BCUT2D eigenvalue weighted by atomic mass is 10.1. The molecule has 0 spiro atoms. The standard InChI is InChI=1S/C11H13NO3/c1-7(12-2)11(13)8-3-4-9-10(5-8)15-6-14-9/h3-5,7,12H,6H2,1-2H3/i6D2,7D. The van der Waals surface area contributed by atoms with Crippen molar-refractivity contribution in [2.75, 3.05) is 13.8 Å². The molecule has 2 rings (SSSR count). The Hall–Kier alpha value is -1.55. The van der Waals surface area contributed by atoms with Gasteiger partial charge in [-0.2, -0.15) is 0 Å². The average Bonchev–Trinajstić information content (AvgIpc) is 2.60. The molecule has 0 bridgehead atoms. The van der Waals surface area contributed by atoms with Crippen LogP contribution in [0.1, 0.15) is 21.4 Å². The van der Waals surface area contributed by atoms with Crippen molar-refractivity contribution in [3.63, 3.8) is 0 Å². The van der Waals surface area contributed by atoms with Gasteiger partial charge in [-0.1, -0.05) is 0 Å². The smallest absolute Gasteiger partial charge is 0.231 e. The number of Topliss-reactive ketones (excluding diaryl/α,β-unsaturated/α-hetero) is 1. The lowest BCUT2D eigenvalue weighted by Crippen LogP contribution is -2.30. The van der Waals surface area contributed by atoms with Crippen LogP contribution >= 0.6 is 0 Å². The molecule has 4 nitrogen and oxygen atoms in total. The van der Waals surface area contributed by atoms with E-state index < -0.39 is 18.5 Å². The summed E-state index contributed by atoms with van der Waals surface area (Å²) >= 11 is 0. The zero-order chi connectivity index (χ0) is 13.6. The van der Waals surface area contributed by atoms with Crippen LogP contribution in [0.15, 0.2) is 18.2 Å². The third-order valence-electron chi connectivity index (χ3n) is 2.22. The average molecular weight is 210 g/mol. The minimum absolute atomic E-state index is 0.165. The predicted octanol–water partition coefficient (Wildman–Crippen LogP) is 1.21. The Morgan fingerprint density at radius 2 is 2.33 bits per heavy atom. The van der Waals surface area contributed by atoms with E-state index in [2.05, 4.69) is 5.32 Å². The second-order valence-electron chi connectivity index (χ2n) is 3.15. The van der Waals surface area contributed by atoms with Crippen molar-refractivity contribution >= 4 is 5.78 Å². The molecule has 4 heteroatoms. The number of rotatable bonds is 3. The highest BCUT2D eigenvalue weighted by molar-refractivity contribution is 6.00. The molecule has 1 aromatic rings. The molecule has 80 valence electrons. The topological polar surface area (TPSA) is 47.6 Å². The highest BCUT2D eigenvalue weighted by Gasteiger charge is 2.18. The third-order valence-corrected chi connectivity index (χ3v) is 2.22. The number of carbonyl (C=O) groups is 1. The summed E-state index contributed by atoms with van der Waals surface area (Å²) in [6.07, 6.45) is 0. The normalized spacial score (nSPS) is 23.5. The lowest BCUT2D eigenvalue weighted by Gasteiger charge is -2.09. The molecule has 0 radical (unpaired) electrons. The zero-order valence-electron chi connectivity index (χ0n) is 11.5. The summed E-state index contributed by atoms with van der Waals surface area (Å²) < 4.78 is 32.2. The molecule has 1 aliphatic heterocycles. The van der Waals surface area contributed by atoms with Gasteiger partial charge in [0.2, 0.25) is 6.75 Å². The van der Waals surface area contributed by atoms with E-state index in [-0.39, 0.29) is 17.1 Å². The van der Waals surface area contributed by atoms with Gasteiger partial charge in [0.25, 0.3) is 0 Å². The Morgan fingerprint density at radius 3 is 3.07 bits per heavy atom. The van der Waals surface area contributed by atoms with Crippen LogP contribution in [0, 0.1) is 0 Å². The number of benzene rings is 1. The summed E-state index contributed by atoms with van der Waals surface area (Å²) in [5, 5.41) is 2.59. The van der Waals surface area contributed by atoms with Crippen LogP contribution in [0.25, 0.3) is 0 Å². The molecule has 1 aromatic carbocycles. The third kappa shape index (κ3) is 1.80. The summed E-state index contributed by atoms with van der Waals surface area (Å²) in [5.74, 6) is -0.0192. The van der Waals surface area contributed by atoms with Gasteiger partial charge in [0.1, 0.15) is 2.74 Å². The van der Waals surface area contributed by atoms with Crippen molar-refractivity contribution in [1.82, 2.24) is 5.32 Å². The number of nitrogens with one attached hydrogen (secondary N) is 1. The maximum absolute atomic E-state index is 12.0. The van der Waals surface area contributed by atoms with Gasteiger partial charge in [-0.3, -0.25) is 4.79 Å². The van der Waals surface area contributed by atoms with Crippen molar-refractivity contribution in [3.8, 4) is 11.5 Å². The van der Waals surface area contributed by atoms with Gasteiger partial charge in [-0.25, -0.2) is 0 Å². The van der Waals surface area contributed by atoms with E-state index in [9.17, 15) is 4.79 Å². The van der Waals surface area contributed by atoms with Gasteiger partial charge in [0.05, 0.1) is 7.39 Å². The van der Waals surface area contributed by atoms with E-state index in [1.807, 2.05) is 0 Å². The summed E-state index contributed by atoms with van der Waals surface area (Å²) in [5.41, 5.74) is 0.266. The number of likely N-dealkylation sites (N-methyl/N-ethyl adjacent to an activating group) is 1. The van der Waals surface area contributed by atoms with E-state index in [0.717, 1.165) is 0 Å². The molecule has 0 aliphatic carbocycles. The molecule has 15 heavy (non-hydrogen) atoms. The van der Waals surface area contributed by atoms with Gasteiger partial charge in [-0.05, 0) is 32.2 Å². The van der Waals surface area contributed by atoms with Gasteiger partial charge in [-0.15, -0.1) is 0 Å². The SMILES string of the molecule is [2H]C1([2H])Oc2ccc(C(=O)C([2H])(C)NC)cc2O1. The molecule has 0 saturated heterocycles. The molecule has 1 heterocycles. The largest absolute Gasteiger partial charge is 0.454 e. The highest BCUT2D eigenvalue weighted by atomic mass is 16.7. The number of hydrogen-bond acceptors (Lipinski definition) is 4. The molecule has 0 amide bonds. The number of fused-ring (bicyclic) bond motifs is 1. The zero-order valence-corrected chi connectivity index (χ0v) is 8.46. The first-order valence-corrected chi connectivity index (χ1v) is 4.51. The van der Waals surface area contributed by atoms with Gasteiger partial charge in [0.15, 0.2) is 17.3 Å². The van der Waals surface area contributed by atoms with E-state index in [0.29, 0.717) is 0 Å².